The van der Waals surface area contributed by atoms with E-state index in [1.807, 2.05) is 42.5 Å². The fraction of sp³-hybridized carbons (Fsp3) is 0.0500. The molecule has 0 atom stereocenters. The zero-order chi connectivity index (χ0) is 19.9. The van der Waals surface area contributed by atoms with Crippen molar-refractivity contribution in [2.45, 2.75) is 4.90 Å². The first-order valence-corrected chi connectivity index (χ1v) is 11.7. The van der Waals surface area contributed by atoms with Gasteiger partial charge < -0.3 is 0 Å². The van der Waals surface area contributed by atoms with E-state index >= 15 is 0 Å². The average molecular weight is 449 g/mol. The summed E-state index contributed by atoms with van der Waals surface area (Å²) in [5, 5.41) is 5.39. The highest BCUT2D eigenvalue weighted by molar-refractivity contribution is 7.90. The van der Waals surface area contributed by atoms with E-state index in [0.29, 0.717) is 9.36 Å². The molecule has 0 aliphatic rings. The van der Waals surface area contributed by atoms with Gasteiger partial charge in [0, 0.05) is 16.8 Å². The first-order valence-electron chi connectivity index (χ1n) is 8.23. The van der Waals surface area contributed by atoms with Crippen LogP contribution in [0.2, 0.25) is 9.36 Å². The molecule has 2 aromatic heterocycles. The van der Waals surface area contributed by atoms with Crippen molar-refractivity contribution in [1.82, 2.24) is 9.78 Å². The summed E-state index contributed by atoms with van der Waals surface area (Å²) in [4.78, 5) is 1.22. The van der Waals surface area contributed by atoms with Gasteiger partial charge in [-0.2, -0.15) is 5.10 Å². The summed E-state index contributed by atoms with van der Waals surface area (Å²) in [7, 11) is -3.26. The van der Waals surface area contributed by atoms with Crippen LogP contribution in [0.3, 0.4) is 0 Å². The van der Waals surface area contributed by atoms with Gasteiger partial charge >= 0.3 is 0 Å². The molecule has 0 spiro atoms. The fourth-order valence-electron chi connectivity index (χ4n) is 2.81. The Hall–Kier alpha value is -2.12. The van der Waals surface area contributed by atoms with Crippen molar-refractivity contribution in [2.24, 2.45) is 0 Å². The minimum absolute atomic E-state index is 0.265. The molecule has 2 aromatic carbocycles. The molecule has 0 saturated carbocycles. The van der Waals surface area contributed by atoms with Gasteiger partial charge in [0.15, 0.2) is 9.84 Å². The first-order chi connectivity index (χ1) is 13.3. The van der Waals surface area contributed by atoms with Crippen LogP contribution in [0.5, 0.6) is 0 Å². The van der Waals surface area contributed by atoms with E-state index in [4.69, 9.17) is 28.3 Å². The SMILES string of the molecule is CS(=O)(=O)c1ccc(-n2nc(-c3ccc(Cl)s3)cc2-c2ccc(Cl)cc2)cc1. The zero-order valence-corrected chi connectivity index (χ0v) is 17.8. The molecule has 2 heterocycles. The van der Waals surface area contributed by atoms with Crippen LogP contribution in [-0.4, -0.2) is 24.5 Å². The highest BCUT2D eigenvalue weighted by Crippen LogP contribution is 2.34. The minimum Gasteiger partial charge on any atom is -0.232 e. The van der Waals surface area contributed by atoms with Crippen LogP contribution in [0.15, 0.2) is 71.6 Å². The second-order valence-corrected chi connectivity index (χ2v) is 10.4. The predicted octanol–water partition coefficient (Wildman–Crippen LogP) is 5.98. The maximum atomic E-state index is 11.7. The molecule has 0 aliphatic heterocycles. The molecule has 0 fully saturated rings. The number of benzene rings is 2. The minimum atomic E-state index is -3.26. The van der Waals surface area contributed by atoms with Crippen LogP contribution >= 0.6 is 34.5 Å². The number of sulfone groups is 1. The maximum Gasteiger partial charge on any atom is 0.175 e. The Labute approximate surface area is 176 Å². The Bertz CT molecular complexity index is 1240. The van der Waals surface area contributed by atoms with E-state index < -0.39 is 9.84 Å². The summed E-state index contributed by atoms with van der Waals surface area (Å²) in [6.45, 7) is 0. The predicted molar refractivity (Wildman–Crippen MR) is 115 cm³/mol. The van der Waals surface area contributed by atoms with Crippen molar-refractivity contribution < 1.29 is 8.42 Å². The standard InChI is InChI=1S/C20H14Cl2N2O2S2/c1-28(25,26)16-8-6-15(7-9-16)24-18(13-2-4-14(21)5-3-13)12-17(23-24)19-10-11-20(22)27-19/h2-12H,1H3. The van der Waals surface area contributed by atoms with Crippen LogP contribution in [0.4, 0.5) is 0 Å². The van der Waals surface area contributed by atoms with Gasteiger partial charge in [0.1, 0.15) is 5.69 Å². The fourth-order valence-corrected chi connectivity index (χ4v) is 4.57. The second kappa shape index (κ2) is 7.37. The number of hydrogen-bond acceptors (Lipinski definition) is 4. The van der Waals surface area contributed by atoms with Crippen molar-refractivity contribution in [1.29, 1.82) is 0 Å². The van der Waals surface area contributed by atoms with Crippen LogP contribution in [0.1, 0.15) is 0 Å². The van der Waals surface area contributed by atoms with Crippen molar-refractivity contribution >= 4 is 44.4 Å². The molecule has 0 saturated heterocycles. The second-order valence-electron chi connectivity index (χ2n) is 6.20. The Morgan fingerprint density at radius 1 is 0.929 bits per heavy atom. The molecule has 0 radical (unpaired) electrons. The van der Waals surface area contributed by atoms with Gasteiger partial charge in [-0.15, -0.1) is 11.3 Å². The van der Waals surface area contributed by atoms with Crippen molar-refractivity contribution in [3.63, 3.8) is 0 Å². The Morgan fingerprint density at radius 3 is 2.18 bits per heavy atom. The molecule has 0 aliphatic carbocycles. The van der Waals surface area contributed by atoms with Gasteiger partial charge in [-0.05, 0) is 54.6 Å². The van der Waals surface area contributed by atoms with E-state index in [9.17, 15) is 8.42 Å². The van der Waals surface area contributed by atoms with Crippen molar-refractivity contribution in [3.8, 4) is 27.5 Å². The normalized spacial score (nSPS) is 11.7. The Morgan fingerprint density at radius 2 is 1.61 bits per heavy atom. The quantitative estimate of drug-likeness (QED) is 0.385. The highest BCUT2D eigenvalue weighted by Gasteiger charge is 2.15. The number of rotatable bonds is 4. The summed E-state index contributed by atoms with van der Waals surface area (Å²) in [5.74, 6) is 0. The molecule has 8 heteroatoms. The molecule has 28 heavy (non-hydrogen) atoms. The molecule has 0 bridgehead atoms. The van der Waals surface area contributed by atoms with E-state index in [2.05, 4.69) is 0 Å². The lowest BCUT2D eigenvalue weighted by atomic mass is 10.1. The molecule has 0 amide bonds. The van der Waals surface area contributed by atoms with Crippen LogP contribution in [0.25, 0.3) is 27.5 Å². The average Bonchev–Trinajstić information content (AvgIpc) is 3.28. The zero-order valence-electron chi connectivity index (χ0n) is 14.6. The van der Waals surface area contributed by atoms with E-state index in [1.54, 1.807) is 28.9 Å². The van der Waals surface area contributed by atoms with Crippen LogP contribution < -0.4 is 0 Å². The van der Waals surface area contributed by atoms with Gasteiger partial charge in [-0.25, -0.2) is 13.1 Å². The molecule has 4 aromatic rings. The van der Waals surface area contributed by atoms with Crippen LogP contribution in [0, 0.1) is 0 Å². The number of nitrogens with zero attached hydrogens (tertiary/aromatic N) is 2. The smallest absolute Gasteiger partial charge is 0.175 e. The largest absolute Gasteiger partial charge is 0.232 e. The van der Waals surface area contributed by atoms with Gasteiger partial charge in [-0.3, -0.25) is 0 Å². The molecule has 0 unspecified atom stereocenters. The van der Waals surface area contributed by atoms with Crippen molar-refractivity contribution in [2.75, 3.05) is 6.26 Å². The lowest BCUT2D eigenvalue weighted by Gasteiger charge is -2.08. The lowest BCUT2D eigenvalue weighted by molar-refractivity contribution is 0.602. The molecule has 142 valence electrons. The lowest BCUT2D eigenvalue weighted by Crippen LogP contribution is -2.01. The summed E-state index contributed by atoms with van der Waals surface area (Å²) in [6, 6.07) is 19.9. The summed E-state index contributed by atoms with van der Waals surface area (Å²) in [6.07, 6.45) is 1.19. The molecular weight excluding hydrogens is 435 g/mol. The first kappa shape index (κ1) is 19.2. The van der Waals surface area contributed by atoms with Gasteiger partial charge in [0.05, 0.1) is 25.5 Å². The summed E-state index contributed by atoms with van der Waals surface area (Å²) in [5.41, 5.74) is 3.35. The third kappa shape index (κ3) is 3.86. The maximum absolute atomic E-state index is 11.7. The number of hydrogen-bond donors (Lipinski definition) is 0. The van der Waals surface area contributed by atoms with Crippen LogP contribution in [-0.2, 0) is 9.84 Å². The van der Waals surface area contributed by atoms with Gasteiger partial charge in [0.2, 0.25) is 0 Å². The molecule has 0 N–H and O–H groups in total. The van der Waals surface area contributed by atoms with Gasteiger partial charge in [0.25, 0.3) is 0 Å². The molecule has 4 nitrogen and oxygen atoms in total. The number of halogens is 2. The number of aromatic nitrogens is 2. The van der Waals surface area contributed by atoms with Crippen molar-refractivity contribution in [3.05, 3.63) is 76.1 Å². The molecular formula is C20H14Cl2N2O2S2. The van der Waals surface area contributed by atoms with Gasteiger partial charge in [-0.1, -0.05) is 35.3 Å². The Balaban J connectivity index is 1.87. The third-order valence-electron chi connectivity index (χ3n) is 4.18. The summed E-state index contributed by atoms with van der Waals surface area (Å²) >= 11 is 13.6. The Kier molecular flexibility index (Phi) is 5.05. The van der Waals surface area contributed by atoms with E-state index in [1.165, 1.54) is 17.6 Å². The van der Waals surface area contributed by atoms with E-state index in [-0.39, 0.29) is 4.90 Å². The topological polar surface area (TPSA) is 52.0 Å². The summed E-state index contributed by atoms with van der Waals surface area (Å²) < 4.78 is 26.0. The van der Waals surface area contributed by atoms with E-state index in [0.717, 1.165) is 27.5 Å². The molecule has 4 rings (SSSR count). The monoisotopic (exact) mass is 448 g/mol. The third-order valence-corrected chi connectivity index (χ3v) is 6.82. The number of thiophene rings is 1. The highest BCUT2D eigenvalue weighted by atomic mass is 35.5.